The van der Waals surface area contributed by atoms with Gasteiger partial charge in [-0.2, -0.15) is 0 Å². The molecule has 4 heteroatoms. The zero-order valence-electron chi connectivity index (χ0n) is 10.5. The summed E-state index contributed by atoms with van der Waals surface area (Å²) in [5.41, 5.74) is 3.41. The van der Waals surface area contributed by atoms with Gasteiger partial charge in [0.2, 0.25) is 11.9 Å². The van der Waals surface area contributed by atoms with Crippen molar-refractivity contribution in [3.63, 3.8) is 0 Å². The zero-order chi connectivity index (χ0) is 13.0. The molecule has 0 aliphatic rings. The molecule has 1 amide bonds. The van der Waals surface area contributed by atoms with E-state index in [1.807, 2.05) is 25.1 Å². The van der Waals surface area contributed by atoms with Crippen molar-refractivity contribution in [3.05, 3.63) is 53.3 Å². The Hall–Kier alpha value is -2.23. The molecule has 0 radical (unpaired) electrons. The van der Waals surface area contributed by atoms with Gasteiger partial charge in [0.25, 0.3) is 0 Å². The third-order valence-corrected chi connectivity index (χ3v) is 2.75. The topological polar surface area (TPSA) is 54.9 Å². The van der Waals surface area contributed by atoms with Gasteiger partial charge in [-0.05, 0) is 36.6 Å². The Kier molecular flexibility index (Phi) is 3.67. The molecule has 0 fully saturated rings. The maximum absolute atomic E-state index is 11.8. The van der Waals surface area contributed by atoms with E-state index in [1.54, 1.807) is 18.5 Å². The zero-order valence-corrected chi connectivity index (χ0v) is 10.5. The predicted molar refractivity (Wildman–Crippen MR) is 70.3 cm³/mol. The van der Waals surface area contributed by atoms with Gasteiger partial charge in [0.1, 0.15) is 0 Å². The summed E-state index contributed by atoms with van der Waals surface area (Å²) in [7, 11) is 0. The lowest BCUT2D eigenvalue weighted by atomic mass is 10.0. The summed E-state index contributed by atoms with van der Waals surface area (Å²) in [5, 5.41) is 2.66. The third kappa shape index (κ3) is 3.13. The van der Waals surface area contributed by atoms with E-state index in [2.05, 4.69) is 22.2 Å². The summed E-state index contributed by atoms with van der Waals surface area (Å²) in [6.45, 7) is 4.09. The Morgan fingerprint density at radius 1 is 1.17 bits per heavy atom. The summed E-state index contributed by atoms with van der Waals surface area (Å²) in [4.78, 5) is 19.7. The number of carbonyl (C=O) groups is 1. The van der Waals surface area contributed by atoms with Crippen molar-refractivity contribution in [2.45, 2.75) is 20.3 Å². The van der Waals surface area contributed by atoms with Crippen molar-refractivity contribution < 1.29 is 4.79 Å². The van der Waals surface area contributed by atoms with Crippen molar-refractivity contribution in [2.75, 3.05) is 5.32 Å². The van der Waals surface area contributed by atoms with Gasteiger partial charge in [-0.1, -0.05) is 18.2 Å². The van der Waals surface area contributed by atoms with Crippen LogP contribution in [-0.2, 0) is 11.2 Å². The first-order valence-corrected chi connectivity index (χ1v) is 5.78. The van der Waals surface area contributed by atoms with Crippen molar-refractivity contribution in [1.82, 2.24) is 9.97 Å². The van der Waals surface area contributed by atoms with Crippen LogP contribution >= 0.6 is 0 Å². The number of rotatable bonds is 3. The van der Waals surface area contributed by atoms with Gasteiger partial charge >= 0.3 is 0 Å². The molecular formula is C14H15N3O. The predicted octanol–water partition coefficient (Wildman–Crippen LogP) is 2.27. The molecule has 0 saturated carbocycles. The number of nitrogens with zero attached hydrogens (tertiary/aromatic N) is 2. The Morgan fingerprint density at radius 3 is 2.56 bits per heavy atom. The molecular weight excluding hydrogens is 226 g/mol. The third-order valence-electron chi connectivity index (χ3n) is 2.75. The maximum atomic E-state index is 11.8. The van der Waals surface area contributed by atoms with Crippen LogP contribution in [0, 0.1) is 13.8 Å². The maximum Gasteiger partial charge on any atom is 0.231 e. The van der Waals surface area contributed by atoms with Gasteiger partial charge in [-0.3, -0.25) is 10.1 Å². The highest BCUT2D eigenvalue weighted by Crippen LogP contribution is 2.10. The van der Waals surface area contributed by atoms with E-state index in [0.717, 1.165) is 5.56 Å². The SMILES string of the molecule is Cc1ccc(CC(=O)Nc2ncccn2)cc1C. The van der Waals surface area contributed by atoms with Crippen LogP contribution in [0.4, 0.5) is 5.95 Å². The molecule has 0 aliphatic heterocycles. The van der Waals surface area contributed by atoms with Crippen LogP contribution in [0.15, 0.2) is 36.7 Å². The van der Waals surface area contributed by atoms with Crippen LogP contribution in [0.3, 0.4) is 0 Å². The van der Waals surface area contributed by atoms with E-state index in [1.165, 1.54) is 11.1 Å². The van der Waals surface area contributed by atoms with Crippen LogP contribution < -0.4 is 5.32 Å². The van der Waals surface area contributed by atoms with Crippen LogP contribution in [-0.4, -0.2) is 15.9 Å². The smallest absolute Gasteiger partial charge is 0.231 e. The number of anilines is 1. The van der Waals surface area contributed by atoms with Gasteiger partial charge in [0.15, 0.2) is 0 Å². The molecule has 0 unspecified atom stereocenters. The molecule has 2 rings (SSSR count). The quantitative estimate of drug-likeness (QED) is 0.896. The number of hydrogen-bond acceptors (Lipinski definition) is 3. The van der Waals surface area contributed by atoms with E-state index < -0.39 is 0 Å². The van der Waals surface area contributed by atoms with Crippen molar-refractivity contribution >= 4 is 11.9 Å². The number of aryl methyl sites for hydroxylation is 2. The molecule has 18 heavy (non-hydrogen) atoms. The molecule has 4 nitrogen and oxygen atoms in total. The van der Waals surface area contributed by atoms with Gasteiger partial charge in [-0.25, -0.2) is 9.97 Å². The summed E-state index contributed by atoms with van der Waals surface area (Å²) in [6, 6.07) is 7.73. The number of amides is 1. The largest absolute Gasteiger partial charge is 0.294 e. The molecule has 0 atom stereocenters. The van der Waals surface area contributed by atoms with Crippen molar-refractivity contribution in [2.24, 2.45) is 0 Å². The standard InChI is InChI=1S/C14H15N3O/c1-10-4-5-12(8-11(10)2)9-13(18)17-14-15-6-3-7-16-14/h3-8H,9H2,1-2H3,(H,15,16,17,18). The highest BCUT2D eigenvalue weighted by atomic mass is 16.1. The molecule has 2 aromatic rings. The monoisotopic (exact) mass is 241 g/mol. The molecule has 1 aromatic carbocycles. The van der Waals surface area contributed by atoms with Crippen molar-refractivity contribution in [1.29, 1.82) is 0 Å². The molecule has 0 bridgehead atoms. The van der Waals surface area contributed by atoms with Gasteiger partial charge < -0.3 is 0 Å². The Labute approximate surface area is 106 Å². The van der Waals surface area contributed by atoms with E-state index in [-0.39, 0.29) is 5.91 Å². The molecule has 0 aliphatic carbocycles. The Morgan fingerprint density at radius 2 is 1.89 bits per heavy atom. The normalized spacial score (nSPS) is 10.1. The number of benzene rings is 1. The summed E-state index contributed by atoms with van der Waals surface area (Å²) < 4.78 is 0. The first kappa shape index (κ1) is 12.2. The second-order valence-corrected chi connectivity index (χ2v) is 4.22. The molecule has 92 valence electrons. The Bertz CT molecular complexity index is 552. The second kappa shape index (κ2) is 5.40. The highest BCUT2D eigenvalue weighted by molar-refractivity contribution is 5.90. The van der Waals surface area contributed by atoms with Crippen LogP contribution in [0.2, 0.25) is 0 Å². The van der Waals surface area contributed by atoms with E-state index >= 15 is 0 Å². The lowest BCUT2D eigenvalue weighted by molar-refractivity contribution is -0.115. The molecule has 1 aromatic heterocycles. The lowest BCUT2D eigenvalue weighted by Gasteiger charge is -2.05. The number of aromatic nitrogens is 2. The average Bonchev–Trinajstić information content (AvgIpc) is 2.35. The van der Waals surface area contributed by atoms with Crippen molar-refractivity contribution in [3.8, 4) is 0 Å². The fourth-order valence-corrected chi connectivity index (χ4v) is 1.63. The van der Waals surface area contributed by atoms with Crippen LogP contribution in [0.5, 0.6) is 0 Å². The summed E-state index contributed by atoms with van der Waals surface area (Å²) >= 11 is 0. The van der Waals surface area contributed by atoms with E-state index in [9.17, 15) is 4.79 Å². The van der Waals surface area contributed by atoms with E-state index in [4.69, 9.17) is 0 Å². The van der Waals surface area contributed by atoms with E-state index in [0.29, 0.717) is 12.4 Å². The lowest BCUT2D eigenvalue weighted by Crippen LogP contribution is -2.16. The number of carbonyl (C=O) groups excluding carboxylic acids is 1. The number of hydrogen-bond donors (Lipinski definition) is 1. The van der Waals surface area contributed by atoms with Gasteiger partial charge in [0, 0.05) is 12.4 Å². The molecule has 0 saturated heterocycles. The minimum absolute atomic E-state index is 0.107. The van der Waals surface area contributed by atoms with Gasteiger partial charge in [0.05, 0.1) is 6.42 Å². The first-order valence-electron chi connectivity index (χ1n) is 5.78. The van der Waals surface area contributed by atoms with Gasteiger partial charge in [-0.15, -0.1) is 0 Å². The van der Waals surface area contributed by atoms with Crippen LogP contribution in [0.25, 0.3) is 0 Å². The average molecular weight is 241 g/mol. The molecule has 0 spiro atoms. The molecule has 1 N–H and O–H groups in total. The van der Waals surface area contributed by atoms with Crippen LogP contribution in [0.1, 0.15) is 16.7 Å². The first-order chi connectivity index (χ1) is 8.65. The minimum atomic E-state index is -0.107. The fourth-order valence-electron chi connectivity index (χ4n) is 1.63. The Balaban J connectivity index is 2.01. The molecule has 1 heterocycles. The second-order valence-electron chi connectivity index (χ2n) is 4.22. The number of nitrogens with one attached hydrogen (secondary N) is 1. The summed E-state index contributed by atoms with van der Waals surface area (Å²) in [5.74, 6) is 0.232. The summed E-state index contributed by atoms with van der Waals surface area (Å²) in [6.07, 6.45) is 3.52. The highest BCUT2D eigenvalue weighted by Gasteiger charge is 2.06. The minimum Gasteiger partial charge on any atom is -0.294 e. The fraction of sp³-hybridized carbons (Fsp3) is 0.214.